The number of carbonyl (C=O) groups excluding carboxylic acids is 2. The molecule has 1 saturated heterocycles. The van der Waals surface area contributed by atoms with Crippen molar-refractivity contribution in [2.24, 2.45) is 5.92 Å². The zero-order chi connectivity index (χ0) is 19.6. The fourth-order valence-electron chi connectivity index (χ4n) is 3.09. The average molecular weight is 389 g/mol. The van der Waals surface area contributed by atoms with Gasteiger partial charge in [0.2, 0.25) is 11.8 Å². The molecular formula is C20H21ClN2O4. The number of carbonyl (C=O) groups is 2. The number of nitrogens with zero attached hydrogens (tertiary/aromatic N) is 1. The Kier molecular flexibility index (Phi) is 5.56. The van der Waals surface area contributed by atoms with E-state index in [-0.39, 0.29) is 24.8 Å². The van der Waals surface area contributed by atoms with Crippen LogP contribution in [-0.2, 0) is 9.59 Å². The molecule has 1 fully saturated rings. The van der Waals surface area contributed by atoms with Gasteiger partial charge in [-0.1, -0.05) is 17.7 Å². The van der Waals surface area contributed by atoms with Gasteiger partial charge >= 0.3 is 0 Å². The molecular weight excluding hydrogens is 368 g/mol. The second-order valence-corrected chi connectivity index (χ2v) is 6.83. The molecule has 0 spiro atoms. The maximum absolute atomic E-state index is 12.7. The zero-order valence-electron chi connectivity index (χ0n) is 15.4. The summed E-state index contributed by atoms with van der Waals surface area (Å²) in [6.07, 6.45) is 0.131. The first-order chi connectivity index (χ1) is 12.9. The molecule has 142 valence electrons. The van der Waals surface area contributed by atoms with E-state index >= 15 is 0 Å². The standard InChI is InChI=1S/C20H21ClN2O4/c1-12-4-5-14(21)9-16(12)22-20(25)13-8-19(24)23(11-13)17-10-15(26-2)6-7-18(17)27-3/h4-7,9-10,13H,8,11H2,1-3H3,(H,22,25)/t13-/m0/s1. The second kappa shape index (κ2) is 7.88. The molecule has 0 radical (unpaired) electrons. The Bertz CT molecular complexity index is 884. The van der Waals surface area contributed by atoms with Crippen LogP contribution in [0.3, 0.4) is 0 Å². The van der Waals surface area contributed by atoms with E-state index in [1.54, 1.807) is 42.3 Å². The highest BCUT2D eigenvalue weighted by Crippen LogP contribution is 2.36. The van der Waals surface area contributed by atoms with Crippen LogP contribution in [0.25, 0.3) is 0 Å². The monoisotopic (exact) mass is 388 g/mol. The first-order valence-electron chi connectivity index (χ1n) is 8.52. The first kappa shape index (κ1) is 19.0. The van der Waals surface area contributed by atoms with Gasteiger partial charge in [-0.15, -0.1) is 0 Å². The van der Waals surface area contributed by atoms with Crippen molar-refractivity contribution in [2.45, 2.75) is 13.3 Å². The van der Waals surface area contributed by atoms with Crippen LogP contribution in [0, 0.1) is 12.8 Å². The average Bonchev–Trinajstić information content (AvgIpc) is 3.05. The van der Waals surface area contributed by atoms with Crippen LogP contribution >= 0.6 is 11.6 Å². The number of halogens is 1. The van der Waals surface area contributed by atoms with Crippen LogP contribution in [0.2, 0.25) is 5.02 Å². The minimum absolute atomic E-state index is 0.131. The summed E-state index contributed by atoms with van der Waals surface area (Å²) in [5.41, 5.74) is 2.15. The van der Waals surface area contributed by atoms with E-state index in [9.17, 15) is 9.59 Å². The number of rotatable bonds is 5. The number of hydrogen-bond donors (Lipinski definition) is 1. The summed E-state index contributed by atoms with van der Waals surface area (Å²) in [5, 5.41) is 3.42. The molecule has 2 aromatic carbocycles. The lowest BCUT2D eigenvalue weighted by Crippen LogP contribution is -2.28. The summed E-state index contributed by atoms with van der Waals surface area (Å²) in [7, 11) is 3.10. The molecule has 27 heavy (non-hydrogen) atoms. The normalized spacial score (nSPS) is 16.4. The summed E-state index contributed by atoms with van der Waals surface area (Å²) >= 11 is 6.01. The Hall–Kier alpha value is -2.73. The minimum atomic E-state index is -0.466. The minimum Gasteiger partial charge on any atom is -0.497 e. The lowest BCUT2D eigenvalue weighted by molar-refractivity contribution is -0.122. The number of aryl methyl sites for hydroxylation is 1. The third kappa shape index (κ3) is 4.01. The van der Waals surface area contributed by atoms with Crippen molar-refractivity contribution in [2.75, 3.05) is 31.0 Å². The fourth-order valence-corrected chi connectivity index (χ4v) is 3.26. The van der Waals surface area contributed by atoms with Crippen molar-refractivity contribution < 1.29 is 19.1 Å². The van der Waals surface area contributed by atoms with Gasteiger partial charge in [0.15, 0.2) is 0 Å². The van der Waals surface area contributed by atoms with Gasteiger partial charge in [-0.2, -0.15) is 0 Å². The van der Waals surface area contributed by atoms with Crippen molar-refractivity contribution in [3.8, 4) is 11.5 Å². The Morgan fingerprint density at radius 1 is 1.19 bits per heavy atom. The number of nitrogens with one attached hydrogen (secondary N) is 1. The molecule has 1 heterocycles. The lowest BCUT2D eigenvalue weighted by atomic mass is 10.1. The number of ether oxygens (including phenoxy) is 2. The largest absolute Gasteiger partial charge is 0.497 e. The van der Waals surface area contributed by atoms with Crippen molar-refractivity contribution in [3.05, 3.63) is 47.0 Å². The molecule has 2 amide bonds. The van der Waals surface area contributed by atoms with E-state index in [0.717, 1.165) is 5.56 Å². The summed E-state index contributed by atoms with van der Waals surface area (Å²) in [5.74, 6) is 0.353. The van der Waals surface area contributed by atoms with Gasteiger partial charge in [0, 0.05) is 29.7 Å². The van der Waals surface area contributed by atoms with Crippen LogP contribution in [0.5, 0.6) is 11.5 Å². The van der Waals surface area contributed by atoms with E-state index in [1.165, 1.54) is 7.11 Å². The number of benzene rings is 2. The SMILES string of the molecule is COc1ccc(OC)c(N2C[C@@H](C(=O)Nc3cc(Cl)ccc3C)CC2=O)c1. The van der Waals surface area contributed by atoms with Gasteiger partial charge in [-0.05, 0) is 36.8 Å². The van der Waals surface area contributed by atoms with Gasteiger partial charge in [0.25, 0.3) is 0 Å². The summed E-state index contributed by atoms with van der Waals surface area (Å²) in [4.78, 5) is 26.8. The van der Waals surface area contributed by atoms with Crippen LogP contribution in [0.15, 0.2) is 36.4 Å². The first-order valence-corrected chi connectivity index (χ1v) is 8.90. The van der Waals surface area contributed by atoms with Crippen molar-refractivity contribution >= 4 is 34.8 Å². The van der Waals surface area contributed by atoms with E-state index in [2.05, 4.69) is 5.32 Å². The Morgan fingerprint density at radius 3 is 2.67 bits per heavy atom. The highest BCUT2D eigenvalue weighted by molar-refractivity contribution is 6.31. The molecule has 2 aromatic rings. The van der Waals surface area contributed by atoms with Crippen LogP contribution < -0.4 is 19.7 Å². The molecule has 1 aliphatic rings. The maximum atomic E-state index is 12.7. The molecule has 0 bridgehead atoms. The van der Waals surface area contributed by atoms with E-state index in [1.807, 2.05) is 13.0 Å². The van der Waals surface area contributed by atoms with Gasteiger partial charge in [0.05, 0.1) is 25.8 Å². The third-order valence-corrected chi connectivity index (χ3v) is 4.87. The van der Waals surface area contributed by atoms with Crippen molar-refractivity contribution in [1.29, 1.82) is 0 Å². The van der Waals surface area contributed by atoms with Crippen LogP contribution in [0.4, 0.5) is 11.4 Å². The highest BCUT2D eigenvalue weighted by Gasteiger charge is 2.36. The van der Waals surface area contributed by atoms with Gasteiger partial charge < -0.3 is 19.7 Å². The Balaban J connectivity index is 1.79. The molecule has 1 N–H and O–H groups in total. The molecule has 1 aliphatic heterocycles. The number of methoxy groups -OCH3 is 2. The summed E-state index contributed by atoms with van der Waals surface area (Å²) in [6, 6.07) is 10.5. The third-order valence-electron chi connectivity index (χ3n) is 4.63. The molecule has 0 aromatic heterocycles. The van der Waals surface area contributed by atoms with E-state index in [0.29, 0.717) is 27.9 Å². The quantitative estimate of drug-likeness (QED) is 0.848. The number of amides is 2. The molecule has 6 nitrogen and oxygen atoms in total. The lowest BCUT2D eigenvalue weighted by Gasteiger charge is -2.20. The summed E-state index contributed by atoms with van der Waals surface area (Å²) < 4.78 is 10.6. The Morgan fingerprint density at radius 2 is 1.96 bits per heavy atom. The predicted molar refractivity (Wildman–Crippen MR) is 105 cm³/mol. The van der Waals surface area contributed by atoms with Crippen molar-refractivity contribution in [1.82, 2.24) is 0 Å². The number of hydrogen-bond acceptors (Lipinski definition) is 4. The van der Waals surface area contributed by atoms with Crippen LogP contribution in [-0.4, -0.2) is 32.6 Å². The smallest absolute Gasteiger partial charge is 0.229 e. The zero-order valence-corrected chi connectivity index (χ0v) is 16.2. The summed E-state index contributed by atoms with van der Waals surface area (Å²) in [6.45, 7) is 2.16. The van der Waals surface area contributed by atoms with Crippen molar-refractivity contribution in [3.63, 3.8) is 0 Å². The number of anilines is 2. The molecule has 1 atom stereocenters. The van der Waals surface area contributed by atoms with E-state index in [4.69, 9.17) is 21.1 Å². The Labute approximate surface area is 163 Å². The molecule has 0 saturated carbocycles. The molecule has 0 unspecified atom stereocenters. The van der Waals surface area contributed by atoms with Gasteiger partial charge in [-0.3, -0.25) is 9.59 Å². The molecule has 3 rings (SSSR count). The van der Waals surface area contributed by atoms with Gasteiger partial charge in [0.1, 0.15) is 11.5 Å². The predicted octanol–water partition coefficient (Wildman–Crippen LogP) is 3.66. The molecule has 0 aliphatic carbocycles. The molecule has 7 heteroatoms. The van der Waals surface area contributed by atoms with E-state index < -0.39 is 5.92 Å². The van der Waals surface area contributed by atoms with Gasteiger partial charge in [-0.25, -0.2) is 0 Å². The highest BCUT2D eigenvalue weighted by atomic mass is 35.5. The topological polar surface area (TPSA) is 67.9 Å². The maximum Gasteiger partial charge on any atom is 0.229 e. The van der Waals surface area contributed by atoms with Crippen LogP contribution in [0.1, 0.15) is 12.0 Å². The fraction of sp³-hybridized carbons (Fsp3) is 0.300. The second-order valence-electron chi connectivity index (χ2n) is 6.39.